The molecule has 1 aliphatic carbocycles. The van der Waals surface area contributed by atoms with Crippen LogP contribution in [0.3, 0.4) is 0 Å². The summed E-state index contributed by atoms with van der Waals surface area (Å²) < 4.78 is 7.80. The maximum absolute atomic E-state index is 5.51. The van der Waals surface area contributed by atoms with E-state index in [1.807, 2.05) is 17.5 Å². The Labute approximate surface area is 143 Å². The van der Waals surface area contributed by atoms with Crippen LogP contribution in [0.4, 0.5) is 0 Å². The van der Waals surface area contributed by atoms with Gasteiger partial charge in [-0.25, -0.2) is 0 Å². The van der Waals surface area contributed by atoms with Gasteiger partial charge < -0.3 is 9.09 Å². The highest BCUT2D eigenvalue weighted by Crippen LogP contribution is 2.40. The van der Waals surface area contributed by atoms with Crippen molar-refractivity contribution in [3.63, 3.8) is 0 Å². The van der Waals surface area contributed by atoms with Crippen LogP contribution in [0.2, 0.25) is 0 Å². The molecule has 0 saturated heterocycles. The van der Waals surface area contributed by atoms with Crippen LogP contribution in [-0.4, -0.2) is 36.3 Å². The highest BCUT2D eigenvalue weighted by molar-refractivity contribution is 7.13. The van der Waals surface area contributed by atoms with E-state index in [4.69, 9.17) is 4.52 Å². The van der Waals surface area contributed by atoms with E-state index in [1.54, 1.807) is 11.3 Å². The second-order valence-corrected chi connectivity index (χ2v) is 7.43. The second kappa shape index (κ2) is 5.49. The molecule has 7 nitrogen and oxygen atoms in total. The largest absolute Gasteiger partial charge is 0.337 e. The molecule has 3 aromatic heterocycles. The SMILES string of the molecule is C[C@H](c1nc(-c2cccs2)no1)N1CCn2c(nnc2C2CC2)C1. The van der Waals surface area contributed by atoms with Gasteiger partial charge in [0.25, 0.3) is 0 Å². The zero-order valence-electron chi connectivity index (χ0n) is 13.4. The van der Waals surface area contributed by atoms with E-state index < -0.39 is 0 Å². The number of nitrogens with zero attached hydrogens (tertiary/aromatic N) is 6. The molecule has 0 radical (unpaired) electrons. The number of rotatable bonds is 4. The first-order chi connectivity index (χ1) is 11.8. The van der Waals surface area contributed by atoms with Crippen molar-refractivity contribution in [1.82, 2.24) is 29.8 Å². The first-order valence-electron chi connectivity index (χ1n) is 8.33. The van der Waals surface area contributed by atoms with Gasteiger partial charge in [0.15, 0.2) is 0 Å². The van der Waals surface area contributed by atoms with Crippen molar-refractivity contribution in [2.45, 2.75) is 44.8 Å². The van der Waals surface area contributed by atoms with Gasteiger partial charge in [-0.3, -0.25) is 4.90 Å². The van der Waals surface area contributed by atoms with E-state index in [1.165, 1.54) is 18.7 Å². The number of hydrogen-bond donors (Lipinski definition) is 0. The molecule has 0 aromatic carbocycles. The Kier molecular flexibility index (Phi) is 3.27. The summed E-state index contributed by atoms with van der Waals surface area (Å²) in [6.07, 6.45) is 2.51. The zero-order valence-corrected chi connectivity index (χ0v) is 14.2. The summed E-state index contributed by atoms with van der Waals surface area (Å²) >= 11 is 1.62. The topological polar surface area (TPSA) is 72.9 Å². The van der Waals surface area contributed by atoms with Gasteiger partial charge in [0.1, 0.15) is 11.6 Å². The van der Waals surface area contributed by atoms with Crippen molar-refractivity contribution in [2.24, 2.45) is 0 Å². The predicted octanol–water partition coefficient (Wildman–Crippen LogP) is 2.84. The van der Waals surface area contributed by atoms with Gasteiger partial charge in [-0.1, -0.05) is 11.2 Å². The normalized spacial score (nSPS) is 19.4. The highest BCUT2D eigenvalue weighted by atomic mass is 32.1. The summed E-state index contributed by atoms with van der Waals surface area (Å²) in [6, 6.07) is 4.07. The second-order valence-electron chi connectivity index (χ2n) is 6.48. The maximum atomic E-state index is 5.51. The number of hydrogen-bond acceptors (Lipinski definition) is 7. The fourth-order valence-corrected chi connectivity index (χ4v) is 3.89. The minimum Gasteiger partial charge on any atom is -0.337 e. The van der Waals surface area contributed by atoms with Gasteiger partial charge >= 0.3 is 0 Å². The molecule has 1 atom stereocenters. The molecule has 0 bridgehead atoms. The molecule has 1 aliphatic heterocycles. The lowest BCUT2D eigenvalue weighted by atomic mass is 10.2. The lowest BCUT2D eigenvalue weighted by Gasteiger charge is -2.30. The fourth-order valence-electron chi connectivity index (χ4n) is 3.24. The summed E-state index contributed by atoms with van der Waals surface area (Å²) in [4.78, 5) is 7.93. The number of fused-ring (bicyclic) bond motifs is 1. The Morgan fingerprint density at radius 2 is 2.21 bits per heavy atom. The molecule has 5 rings (SSSR count). The Morgan fingerprint density at radius 1 is 1.29 bits per heavy atom. The lowest BCUT2D eigenvalue weighted by Crippen LogP contribution is -2.36. The molecule has 0 spiro atoms. The van der Waals surface area contributed by atoms with Gasteiger partial charge in [0.2, 0.25) is 11.7 Å². The Bertz CT molecular complexity index is 850. The van der Waals surface area contributed by atoms with Crippen LogP contribution in [0.25, 0.3) is 10.7 Å². The summed E-state index contributed by atoms with van der Waals surface area (Å²) in [5.41, 5.74) is 0. The third-order valence-corrected chi connectivity index (χ3v) is 5.71. The number of thiophene rings is 1. The Balaban J connectivity index is 1.35. The van der Waals surface area contributed by atoms with Crippen LogP contribution in [0.5, 0.6) is 0 Å². The molecule has 4 heterocycles. The number of aromatic nitrogens is 5. The van der Waals surface area contributed by atoms with Gasteiger partial charge in [-0.05, 0) is 31.2 Å². The van der Waals surface area contributed by atoms with Crippen molar-refractivity contribution in [1.29, 1.82) is 0 Å². The molecule has 2 aliphatic rings. The van der Waals surface area contributed by atoms with Crippen LogP contribution in [0.1, 0.15) is 49.3 Å². The van der Waals surface area contributed by atoms with Crippen molar-refractivity contribution in [3.8, 4) is 10.7 Å². The van der Waals surface area contributed by atoms with Crippen molar-refractivity contribution >= 4 is 11.3 Å². The summed E-state index contributed by atoms with van der Waals surface area (Å²) in [5, 5.41) is 14.9. The van der Waals surface area contributed by atoms with E-state index in [9.17, 15) is 0 Å². The standard InChI is InChI=1S/C16H18N6OS/c1-10(16-17-14(20-23-16)12-3-2-8-24-12)21-6-7-22-13(9-21)18-19-15(22)11-4-5-11/h2-3,8,10-11H,4-7,9H2,1H3/t10-/m1/s1. The highest BCUT2D eigenvalue weighted by Gasteiger charge is 2.33. The molecule has 8 heteroatoms. The third-order valence-electron chi connectivity index (χ3n) is 4.84. The average Bonchev–Trinajstić information content (AvgIpc) is 3.06. The van der Waals surface area contributed by atoms with Crippen LogP contribution >= 0.6 is 11.3 Å². The summed E-state index contributed by atoms with van der Waals surface area (Å²) in [7, 11) is 0. The first-order valence-corrected chi connectivity index (χ1v) is 9.21. The smallest absolute Gasteiger partial charge is 0.244 e. The minimum atomic E-state index is 0.0704. The van der Waals surface area contributed by atoms with Crippen LogP contribution < -0.4 is 0 Å². The van der Waals surface area contributed by atoms with Gasteiger partial charge in [-0.2, -0.15) is 4.98 Å². The van der Waals surface area contributed by atoms with Crippen molar-refractivity contribution in [2.75, 3.05) is 6.54 Å². The molecule has 3 aromatic rings. The van der Waals surface area contributed by atoms with E-state index >= 15 is 0 Å². The monoisotopic (exact) mass is 342 g/mol. The lowest BCUT2D eigenvalue weighted by molar-refractivity contribution is 0.135. The van der Waals surface area contributed by atoms with E-state index in [0.717, 1.165) is 30.3 Å². The summed E-state index contributed by atoms with van der Waals surface area (Å²) in [6.45, 7) is 4.77. The van der Waals surface area contributed by atoms with E-state index in [2.05, 4.69) is 36.7 Å². The molecule has 1 saturated carbocycles. The van der Waals surface area contributed by atoms with Gasteiger partial charge in [0, 0.05) is 19.0 Å². The average molecular weight is 342 g/mol. The molecule has 0 N–H and O–H groups in total. The van der Waals surface area contributed by atoms with Crippen molar-refractivity contribution in [3.05, 3.63) is 35.1 Å². The molecule has 24 heavy (non-hydrogen) atoms. The minimum absolute atomic E-state index is 0.0704. The molecule has 1 fully saturated rings. The molecular formula is C16H18N6OS. The van der Waals surface area contributed by atoms with Gasteiger partial charge in [-0.15, -0.1) is 21.5 Å². The van der Waals surface area contributed by atoms with E-state index in [0.29, 0.717) is 17.6 Å². The Hall–Kier alpha value is -2.06. The molecule has 124 valence electrons. The van der Waals surface area contributed by atoms with Gasteiger partial charge in [0.05, 0.1) is 17.5 Å². The zero-order chi connectivity index (χ0) is 16.1. The maximum Gasteiger partial charge on any atom is 0.244 e. The van der Waals surface area contributed by atoms with Crippen LogP contribution in [0.15, 0.2) is 22.0 Å². The molecule has 0 amide bonds. The first kappa shape index (κ1) is 14.3. The summed E-state index contributed by atoms with van der Waals surface area (Å²) in [5.74, 6) is 4.19. The fraction of sp³-hybridized carbons (Fsp3) is 0.500. The van der Waals surface area contributed by atoms with E-state index in [-0.39, 0.29) is 6.04 Å². The van der Waals surface area contributed by atoms with Crippen molar-refractivity contribution < 1.29 is 4.52 Å². The molecular weight excluding hydrogens is 324 g/mol. The van der Waals surface area contributed by atoms with Crippen LogP contribution in [0, 0.1) is 0 Å². The molecule has 0 unspecified atom stereocenters. The predicted molar refractivity (Wildman–Crippen MR) is 88.4 cm³/mol. The van der Waals surface area contributed by atoms with Crippen LogP contribution in [-0.2, 0) is 13.1 Å². The Morgan fingerprint density at radius 3 is 3.00 bits per heavy atom. The quantitative estimate of drug-likeness (QED) is 0.726. The third kappa shape index (κ3) is 2.37.